The summed E-state index contributed by atoms with van der Waals surface area (Å²) in [4.78, 5) is 10.7. The van der Waals surface area contributed by atoms with E-state index in [0.29, 0.717) is 0 Å². The Labute approximate surface area is 90.0 Å². The van der Waals surface area contributed by atoms with Gasteiger partial charge in [-0.25, -0.2) is 0 Å². The normalized spacial score (nSPS) is 10.5. The van der Waals surface area contributed by atoms with Crippen molar-refractivity contribution in [1.29, 1.82) is 0 Å². The van der Waals surface area contributed by atoms with Crippen molar-refractivity contribution in [1.82, 2.24) is 11.3 Å². The van der Waals surface area contributed by atoms with Crippen LogP contribution in [0.5, 0.6) is 0 Å². The molecule has 1 rings (SSSR count). The Hall–Kier alpha value is -1.61. The smallest absolute Gasteiger partial charge is 0.239 e. The highest BCUT2D eigenvalue weighted by molar-refractivity contribution is 5.76. The summed E-state index contributed by atoms with van der Waals surface area (Å²) < 4.78 is 0. The number of nitrogens with one attached hydrogen (secondary N) is 2. The molecule has 0 bridgehead atoms. The van der Waals surface area contributed by atoms with Crippen LogP contribution in [0, 0.1) is 0 Å². The SMILES string of the molecule is [NH]NC(=O)CC=CCCc1ccccc1. The lowest BCUT2D eigenvalue weighted by molar-refractivity contribution is -0.120. The molecule has 0 atom stereocenters. The van der Waals surface area contributed by atoms with Crippen LogP contribution >= 0.6 is 0 Å². The zero-order valence-electron chi connectivity index (χ0n) is 8.57. The molecule has 0 aliphatic heterocycles. The van der Waals surface area contributed by atoms with Gasteiger partial charge in [-0.15, -0.1) is 0 Å². The first-order chi connectivity index (χ1) is 7.33. The van der Waals surface area contributed by atoms with Gasteiger partial charge in [0.15, 0.2) is 0 Å². The number of carbonyl (C=O) groups is 1. The van der Waals surface area contributed by atoms with E-state index in [1.807, 2.05) is 29.7 Å². The second-order valence-electron chi connectivity index (χ2n) is 3.25. The van der Waals surface area contributed by atoms with Gasteiger partial charge in [0.25, 0.3) is 0 Å². The molecule has 0 fully saturated rings. The van der Waals surface area contributed by atoms with E-state index in [4.69, 9.17) is 5.84 Å². The number of hydrogen-bond acceptors (Lipinski definition) is 1. The van der Waals surface area contributed by atoms with E-state index in [1.165, 1.54) is 5.56 Å². The third-order valence-corrected chi connectivity index (χ3v) is 2.05. The van der Waals surface area contributed by atoms with Crippen LogP contribution in [-0.4, -0.2) is 5.91 Å². The fourth-order valence-electron chi connectivity index (χ4n) is 1.25. The van der Waals surface area contributed by atoms with Crippen molar-refractivity contribution in [3.8, 4) is 0 Å². The van der Waals surface area contributed by atoms with Gasteiger partial charge in [0, 0.05) is 6.42 Å². The van der Waals surface area contributed by atoms with Crippen LogP contribution in [0.1, 0.15) is 18.4 Å². The summed E-state index contributed by atoms with van der Waals surface area (Å²) in [6, 6.07) is 10.2. The highest BCUT2D eigenvalue weighted by Gasteiger charge is 1.92. The van der Waals surface area contributed by atoms with Crippen LogP contribution in [0.3, 0.4) is 0 Å². The van der Waals surface area contributed by atoms with Crippen LogP contribution in [0.15, 0.2) is 42.5 Å². The summed E-state index contributed by atoms with van der Waals surface area (Å²) in [5.74, 6) is 6.32. The monoisotopic (exact) mass is 203 g/mol. The summed E-state index contributed by atoms with van der Waals surface area (Å²) in [7, 11) is 0. The molecule has 79 valence electrons. The van der Waals surface area contributed by atoms with Gasteiger partial charge in [-0.3, -0.25) is 10.2 Å². The third-order valence-electron chi connectivity index (χ3n) is 2.05. The van der Waals surface area contributed by atoms with E-state index in [-0.39, 0.29) is 12.3 Å². The first kappa shape index (κ1) is 11.5. The molecule has 0 saturated carbocycles. The number of aryl methyl sites for hydroxylation is 1. The molecule has 0 heterocycles. The number of benzene rings is 1. The maximum atomic E-state index is 10.7. The molecule has 1 aromatic carbocycles. The lowest BCUT2D eigenvalue weighted by Crippen LogP contribution is -2.19. The van der Waals surface area contributed by atoms with E-state index in [0.717, 1.165) is 12.8 Å². The molecule has 3 heteroatoms. The van der Waals surface area contributed by atoms with Crippen molar-refractivity contribution < 1.29 is 4.79 Å². The Morgan fingerprint density at radius 2 is 2.00 bits per heavy atom. The summed E-state index contributed by atoms with van der Waals surface area (Å²) in [5.41, 5.74) is 3.13. The fourth-order valence-corrected chi connectivity index (χ4v) is 1.25. The van der Waals surface area contributed by atoms with Gasteiger partial charge in [0.1, 0.15) is 0 Å². The maximum Gasteiger partial charge on any atom is 0.239 e. The van der Waals surface area contributed by atoms with Crippen LogP contribution < -0.4 is 11.3 Å². The largest absolute Gasteiger partial charge is 0.276 e. The van der Waals surface area contributed by atoms with Crippen LogP contribution in [0.25, 0.3) is 0 Å². The van der Waals surface area contributed by atoms with Crippen LogP contribution in [0.4, 0.5) is 0 Å². The van der Waals surface area contributed by atoms with E-state index in [9.17, 15) is 4.79 Å². The van der Waals surface area contributed by atoms with Gasteiger partial charge in [-0.2, -0.15) is 5.84 Å². The van der Waals surface area contributed by atoms with Crippen LogP contribution in [-0.2, 0) is 11.2 Å². The molecule has 0 aliphatic carbocycles. The van der Waals surface area contributed by atoms with E-state index >= 15 is 0 Å². The Balaban J connectivity index is 2.19. The zero-order chi connectivity index (χ0) is 10.9. The lowest BCUT2D eigenvalue weighted by atomic mass is 10.1. The average molecular weight is 203 g/mol. The van der Waals surface area contributed by atoms with E-state index in [1.54, 1.807) is 6.08 Å². The van der Waals surface area contributed by atoms with E-state index < -0.39 is 0 Å². The number of amides is 1. The maximum absolute atomic E-state index is 10.7. The highest BCUT2D eigenvalue weighted by Crippen LogP contribution is 2.02. The Morgan fingerprint density at radius 1 is 1.27 bits per heavy atom. The van der Waals surface area contributed by atoms with Crippen molar-refractivity contribution in [2.75, 3.05) is 0 Å². The molecular formula is C12H15N2O. The van der Waals surface area contributed by atoms with Crippen molar-refractivity contribution >= 4 is 5.91 Å². The minimum absolute atomic E-state index is 0.272. The molecule has 1 aromatic rings. The minimum atomic E-state index is -0.272. The van der Waals surface area contributed by atoms with Crippen molar-refractivity contribution in [2.24, 2.45) is 0 Å². The average Bonchev–Trinajstić information content (AvgIpc) is 2.29. The Morgan fingerprint density at radius 3 is 2.67 bits per heavy atom. The molecule has 0 saturated heterocycles. The topological polar surface area (TPSA) is 52.9 Å². The molecule has 0 spiro atoms. The number of allylic oxidation sites excluding steroid dienone is 1. The van der Waals surface area contributed by atoms with Crippen molar-refractivity contribution in [3.05, 3.63) is 48.0 Å². The molecule has 0 unspecified atom stereocenters. The number of hydrogen-bond donors (Lipinski definition) is 1. The van der Waals surface area contributed by atoms with Crippen molar-refractivity contribution in [3.63, 3.8) is 0 Å². The predicted octanol–water partition coefficient (Wildman–Crippen LogP) is 1.88. The Kier molecular flexibility index (Phi) is 5.19. The first-order valence-corrected chi connectivity index (χ1v) is 4.97. The summed E-state index contributed by atoms with van der Waals surface area (Å²) in [6.45, 7) is 0. The molecule has 0 aromatic heterocycles. The second kappa shape index (κ2) is 6.79. The van der Waals surface area contributed by atoms with Gasteiger partial charge in [-0.05, 0) is 18.4 Å². The molecule has 1 amide bonds. The third kappa shape index (κ3) is 4.98. The molecule has 0 aliphatic rings. The standard InChI is InChI=1S/C12H15N2O/c13-14-12(15)10-6-2-5-9-11-7-3-1-4-8-11/h1-4,6-8,13H,5,9-10H2,(H,14,15). The van der Waals surface area contributed by atoms with Gasteiger partial charge < -0.3 is 0 Å². The summed E-state index contributed by atoms with van der Waals surface area (Å²) in [6.07, 6.45) is 5.97. The van der Waals surface area contributed by atoms with Crippen LogP contribution in [0.2, 0.25) is 0 Å². The minimum Gasteiger partial charge on any atom is -0.276 e. The molecule has 3 nitrogen and oxygen atoms in total. The highest BCUT2D eigenvalue weighted by atomic mass is 16.2. The Bertz CT molecular complexity index is 320. The van der Waals surface area contributed by atoms with Gasteiger partial charge in [0.05, 0.1) is 0 Å². The molecule has 15 heavy (non-hydrogen) atoms. The van der Waals surface area contributed by atoms with Gasteiger partial charge in [-0.1, -0.05) is 42.5 Å². The van der Waals surface area contributed by atoms with Crippen molar-refractivity contribution in [2.45, 2.75) is 19.3 Å². The zero-order valence-corrected chi connectivity index (χ0v) is 8.57. The predicted molar refractivity (Wildman–Crippen MR) is 59.8 cm³/mol. The molecule has 2 N–H and O–H groups in total. The second-order valence-corrected chi connectivity index (χ2v) is 3.25. The van der Waals surface area contributed by atoms with Gasteiger partial charge >= 0.3 is 0 Å². The molecule has 1 radical (unpaired) electrons. The number of carbonyl (C=O) groups excluding carboxylic acids is 1. The number of rotatable bonds is 5. The quantitative estimate of drug-likeness (QED) is 0.576. The van der Waals surface area contributed by atoms with E-state index in [2.05, 4.69) is 12.1 Å². The fraction of sp³-hybridized carbons (Fsp3) is 0.250. The lowest BCUT2D eigenvalue weighted by Gasteiger charge is -1.96. The molecular weight excluding hydrogens is 188 g/mol. The first-order valence-electron chi connectivity index (χ1n) is 4.97. The summed E-state index contributed by atoms with van der Waals surface area (Å²) >= 11 is 0. The summed E-state index contributed by atoms with van der Waals surface area (Å²) in [5, 5.41) is 0. The van der Waals surface area contributed by atoms with Gasteiger partial charge in [0.2, 0.25) is 5.91 Å².